The van der Waals surface area contributed by atoms with Crippen LogP contribution in [-0.4, -0.2) is 60.6 Å². The van der Waals surface area contributed by atoms with Gasteiger partial charge < -0.3 is 24.8 Å². The van der Waals surface area contributed by atoms with Crippen LogP contribution in [0, 0.1) is 0 Å². The summed E-state index contributed by atoms with van der Waals surface area (Å²) >= 11 is 0. The lowest BCUT2D eigenvalue weighted by Gasteiger charge is -2.28. The number of piperazine rings is 1. The molecule has 1 aliphatic heterocycles. The van der Waals surface area contributed by atoms with Gasteiger partial charge in [0.1, 0.15) is 30.6 Å². The fourth-order valence-corrected chi connectivity index (χ4v) is 4.38. The summed E-state index contributed by atoms with van der Waals surface area (Å²) in [6, 6.07) is 9.60. The molecule has 4 rings (SSSR count). The monoisotopic (exact) mass is 440 g/mol. The van der Waals surface area contributed by atoms with E-state index in [9.17, 15) is 4.57 Å². The van der Waals surface area contributed by atoms with Crippen molar-refractivity contribution < 1.29 is 9.30 Å². The highest BCUT2D eigenvalue weighted by molar-refractivity contribution is 7.70. The molecule has 9 heteroatoms. The zero-order chi connectivity index (χ0) is 22.0. The van der Waals surface area contributed by atoms with Gasteiger partial charge in [-0.1, -0.05) is 0 Å². The number of anilines is 3. The summed E-state index contributed by atoms with van der Waals surface area (Å²) in [5.41, 5.74) is 2.22. The SMILES string of the molecule is CC(C)Oc1cc(P(C)(C)=O)ccc1Nc1ncnc2ccc(N3CCNCC3)nc12. The quantitative estimate of drug-likeness (QED) is 0.565. The maximum Gasteiger partial charge on any atom is 0.160 e. The first kappa shape index (κ1) is 21.5. The summed E-state index contributed by atoms with van der Waals surface area (Å²) in [6.07, 6.45) is 1.50. The molecule has 2 N–H and O–H groups in total. The van der Waals surface area contributed by atoms with Crippen molar-refractivity contribution in [2.24, 2.45) is 0 Å². The van der Waals surface area contributed by atoms with Crippen LogP contribution in [0.25, 0.3) is 11.0 Å². The molecule has 0 unspecified atom stereocenters. The van der Waals surface area contributed by atoms with Crippen LogP contribution >= 0.6 is 7.14 Å². The Balaban J connectivity index is 1.72. The molecule has 3 aromatic rings. The van der Waals surface area contributed by atoms with Crippen molar-refractivity contribution in [3.05, 3.63) is 36.7 Å². The molecule has 0 amide bonds. The molecular weight excluding hydrogens is 411 g/mol. The number of benzene rings is 1. The molecule has 1 aliphatic rings. The highest BCUT2D eigenvalue weighted by atomic mass is 31.2. The Bertz CT molecular complexity index is 1120. The molecule has 0 bridgehead atoms. The number of aromatic nitrogens is 3. The standard InChI is InChI=1S/C22H29N6O2P/c1-15(2)30-19-13-16(31(3,4)29)5-6-17(19)26-22-21-18(24-14-25-22)7-8-20(27-21)28-11-9-23-10-12-28/h5-8,13-15,23H,9-12H2,1-4H3,(H,24,25,26). The Morgan fingerprint density at radius 2 is 1.90 bits per heavy atom. The second-order valence-corrected chi connectivity index (χ2v) is 11.5. The van der Waals surface area contributed by atoms with Crippen LogP contribution in [0.5, 0.6) is 5.75 Å². The first-order valence-electron chi connectivity index (χ1n) is 10.5. The van der Waals surface area contributed by atoms with Gasteiger partial charge in [0.15, 0.2) is 5.82 Å². The molecule has 0 radical (unpaired) electrons. The third-order valence-corrected chi connectivity index (χ3v) is 6.63. The lowest BCUT2D eigenvalue weighted by atomic mass is 10.2. The number of pyridine rings is 1. The first-order valence-corrected chi connectivity index (χ1v) is 13.1. The number of fused-ring (bicyclic) bond motifs is 1. The largest absolute Gasteiger partial charge is 0.489 e. The van der Waals surface area contributed by atoms with Crippen molar-refractivity contribution in [3.8, 4) is 5.75 Å². The Morgan fingerprint density at radius 3 is 2.61 bits per heavy atom. The van der Waals surface area contributed by atoms with Gasteiger partial charge in [0.25, 0.3) is 0 Å². The van der Waals surface area contributed by atoms with E-state index in [1.165, 1.54) is 6.33 Å². The minimum absolute atomic E-state index is 0.0246. The molecule has 31 heavy (non-hydrogen) atoms. The Kier molecular flexibility index (Phi) is 6.12. The highest BCUT2D eigenvalue weighted by Gasteiger charge is 2.18. The van der Waals surface area contributed by atoms with Crippen molar-refractivity contribution in [1.82, 2.24) is 20.3 Å². The summed E-state index contributed by atoms with van der Waals surface area (Å²) in [5.74, 6) is 2.17. The maximum absolute atomic E-state index is 12.6. The fraction of sp³-hybridized carbons (Fsp3) is 0.409. The summed E-state index contributed by atoms with van der Waals surface area (Å²) in [5, 5.41) is 7.51. The van der Waals surface area contributed by atoms with E-state index in [0.717, 1.165) is 48.5 Å². The van der Waals surface area contributed by atoms with Crippen LogP contribution < -0.4 is 25.6 Å². The predicted molar refractivity (Wildman–Crippen MR) is 127 cm³/mol. The van der Waals surface area contributed by atoms with Gasteiger partial charge in [-0.15, -0.1) is 0 Å². The molecule has 0 atom stereocenters. The number of nitrogens with one attached hydrogen (secondary N) is 2. The molecule has 0 spiro atoms. The van der Waals surface area contributed by atoms with Crippen LogP contribution in [0.3, 0.4) is 0 Å². The van der Waals surface area contributed by atoms with Crippen LogP contribution in [0.1, 0.15) is 13.8 Å². The Morgan fingerprint density at radius 1 is 1.13 bits per heavy atom. The van der Waals surface area contributed by atoms with Gasteiger partial charge in [-0.3, -0.25) is 0 Å². The topological polar surface area (TPSA) is 92.3 Å². The molecule has 0 saturated carbocycles. The third kappa shape index (κ3) is 4.97. The third-order valence-electron chi connectivity index (χ3n) is 5.11. The van der Waals surface area contributed by atoms with E-state index in [0.29, 0.717) is 17.1 Å². The molecule has 1 aromatic carbocycles. The summed E-state index contributed by atoms with van der Waals surface area (Å²) in [7, 11) is -2.41. The summed E-state index contributed by atoms with van der Waals surface area (Å²) in [6.45, 7) is 11.2. The van der Waals surface area contributed by atoms with E-state index in [1.54, 1.807) is 13.3 Å². The molecule has 1 fully saturated rings. The fourth-order valence-electron chi connectivity index (χ4n) is 3.52. The van der Waals surface area contributed by atoms with Crippen molar-refractivity contribution in [2.45, 2.75) is 20.0 Å². The molecule has 164 valence electrons. The zero-order valence-corrected chi connectivity index (χ0v) is 19.3. The average molecular weight is 440 g/mol. The number of hydrogen-bond donors (Lipinski definition) is 2. The van der Waals surface area contributed by atoms with Gasteiger partial charge in [0.2, 0.25) is 0 Å². The van der Waals surface area contributed by atoms with Crippen molar-refractivity contribution in [3.63, 3.8) is 0 Å². The maximum atomic E-state index is 12.6. The lowest BCUT2D eigenvalue weighted by molar-refractivity contribution is 0.244. The van der Waals surface area contributed by atoms with Gasteiger partial charge in [-0.2, -0.15) is 0 Å². The van der Waals surface area contributed by atoms with Crippen LogP contribution in [0.15, 0.2) is 36.7 Å². The van der Waals surface area contributed by atoms with E-state index in [2.05, 4.69) is 25.5 Å². The second kappa shape index (κ2) is 8.81. The summed E-state index contributed by atoms with van der Waals surface area (Å²) < 4.78 is 18.6. The second-order valence-electron chi connectivity index (χ2n) is 8.32. The molecule has 2 aromatic heterocycles. The van der Waals surface area contributed by atoms with E-state index in [4.69, 9.17) is 9.72 Å². The lowest BCUT2D eigenvalue weighted by Crippen LogP contribution is -2.43. The van der Waals surface area contributed by atoms with Crippen LogP contribution in [0.2, 0.25) is 0 Å². The van der Waals surface area contributed by atoms with E-state index in [1.807, 2.05) is 44.2 Å². The van der Waals surface area contributed by atoms with Gasteiger partial charge in [-0.05, 0) is 57.5 Å². The van der Waals surface area contributed by atoms with E-state index in [-0.39, 0.29) is 6.10 Å². The smallest absolute Gasteiger partial charge is 0.160 e. The number of hydrogen-bond acceptors (Lipinski definition) is 8. The predicted octanol–water partition coefficient (Wildman–Crippen LogP) is 3.21. The van der Waals surface area contributed by atoms with Crippen LogP contribution in [-0.2, 0) is 4.57 Å². The minimum Gasteiger partial charge on any atom is -0.489 e. The highest BCUT2D eigenvalue weighted by Crippen LogP contribution is 2.38. The van der Waals surface area contributed by atoms with E-state index >= 15 is 0 Å². The van der Waals surface area contributed by atoms with Gasteiger partial charge in [0.05, 0.1) is 17.3 Å². The zero-order valence-electron chi connectivity index (χ0n) is 18.4. The molecule has 0 aliphatic carbocycles. The molecule has 1 saturated heterocycles. The number of nitrogens with zero attached hydrogens (tertiary/aromatic N) is 4. The average Bonchev–Trinajstić information content (AvgIpc) is 2.74. The molecular formula is C22H29N6O2P. The van der Waals surface area contributed by atoms with E-state index < -0.39 is 7.14 Å². The van der Waals surface area contributed by atoms with Crippen LogP contribution in [0.4, 0.5) is 17.3 Å². The first-order chi connectivity index (χ1) is 14.8. The minimum atomic E-state index is -2.41. The Labute approximate surface area is 182 Å². The van der Waals surface area contributed by atoms with Crippen molar-refractivity contribution >= 4 is 40.8 Å². The molecule has 3 heterocycles. The van der Waals surface area contributed by atoms with Gasteiger partial charge in [0, 0.05) is 31.5 Å². The van der Waals surface area contributed by atoms with Crippen molar-refractivity contribution in [1.29, 1.82) is 0 Å². The molecule has 8 nitrogen and oxygen atoms in total. The number of rotatable bonds is 6. The summed E-state index contributed by atoms with van der Waals surface area (Å²) in [4.78, 5) is 16.0. The number of ether oxygens (including phenoxy) is 1. The van der Waals surface area contributed by atoms with Gasteiger partial charge >= 0.3 is 0 Å². The Hall–Kier alpha value is -2.70. The van der Waals surface area contributed by atoms with Gasteiger partial charge in [-0.25, -0.2) is 15.0 Å². The normalized spacial score (nSPS) is 14.8. The van der Waals surface area contributed by atoms with Crippen molar-refractivity contribution in [2.75, 3.05) is 49.7 Å².